The molecular formula is C13H22N4O. The number of nitrogens with zero attached hydrogens (tertiary/aromatic N) is 3. The molecule has 1 unspecified atom stereocenters. The number of anilines is 1. The molecule has 0 saturated heterocycles. The molecule has 0 bridgehead atoms. The van der Waals surface area contributed by atoms with Gasteiger partial charge in [-0.05, 0) is 31.4 Å². The van der Waals surface area contributed by atoms with Gasteiger partial charge in [0.15, 0.2) is 5.84 Å². The third-order valence-electron chi connectivity index (χ3n) is 2.98. The molecule has 0 spiro atoms. The van der Waals surface area contributed by atoms with E-state index in [4.69, 9.17) is 10.9 Å². The molecule has 3 N–H and O–H groups in total. The molecular weight excluding hydrogens is 228 g/mol. The maximum atomic E-state index is 8.80. The van der Waals surface area contributed by atoms with E-state index in [9.17, 15) is 0 Å². The Kier molecular flexibility index (Phi) is 4.95. The van der Waals surface area contributed by atoms with Crippen LogP contribution in [-0.4, -0.2) is 29.1 Å². The smallest absolute Gasteiger partial charge is 0.173 e. The summed E-state index contributed by atoms with van der Waals surface area (Å²) >= 11 is 0. The lowest BCUT2D eigenvalue weighted by atomic mass is 10.0. The summed E-state index contributed by atoms with van der Waals surface area (Å²) in [7, 11) is 1.98. The van der Waals surface area contributed by atoms with Gasteiger partial charge in [-0.15, -0.1) is 0 Å². The van der Waals surface area contributed by atoms with Gasteiger partial charge in [0.1, 0.15) is 5.82 Å². The van der Waals surface area contributed by atoms with Gasteiger partial charge in [0.05, 0.1) is 5.56 Å². The Morgan fingerprint density at radius 1 is 1.50 bits per heavy atom. The molecule has 0 amide bonds. The van der Waals surface area contributed by atoms with Crippen LogP contribution in [0, 0.1) is 5.92 Å². The molecule has 1 rings (SSSR count). The second-order valence-electron chi connectivity index (χ2n) is 4.95. The molecule has 100 valence electrons. The lowest BCUT2D eigenvalue weighted by Gasteiger charge is -2.28. The lowest BCUT2D eigenvalue weighted by Crippen LogP contribution is -2.33. The zero-order valence-corrected chi connectivity index (χ0v) is 11.5. The van der Waals surface area contributed by atoms with Crippen LogP contribution in [0.15, 0.2) is 23.5 Å². The summed E-state index contributed by atoms with van der Waals surface area (Å²) in [5.74, 6) is 1.43. The Balaban J connectivity index is 3.02. The summed E-state index contributed by atoms with van der Waals surface area (Å²) in [5, 5.41) is 11.8. The normalized spacial score (nSPS) is 13.7. The van der Waals surface area contributed by atoms with Gasteiger partial charge >= 0.3 is 0 Å². The van der Waals surface area contributed by atoms with Crippen LogP contribution in [0.4, 0.5) is 5.82 Å². The van der Waals surface area contributed by atoms with Gasteiger partial charge in [-0.3, -0.25) is 0 Å². The van der Waals surface area contributed by atoms with Gasteiger partial charge in [-0.2, -0.15) is 0 Å². The zero-order valence-electron chi connectivity index (χ0n) is 11.5. The highest BCUT2D eigenvalue weighted by atomic mass is 16.4. The van der Waals surface area contributed by atoms with Crippen molar-refractivity contribution in [3.63, 3.8) is 0 Å². The molecule has 0 aromatic carbocycles. The van der Waals surface area contributed by atoms with Crippen molar-refractivity contribution in [1.82, 2.24) is 4.98 Å². The fourth-order valence-corrected chi connectivity index (χ4v) is 1.98. The quantitative estimate of drug-likeness (QED) is 0.363. The SMILES string of the molecule is CC(C)CC(C)N(C)c1ncccc1C(N)=NO. The predicted octanol–water partition coefficient (Wildman–Crippen LogP) is 2.05. The molecule has 5 heteroatoms. The van der Waals surface area contributed by atoms with E-state index in [0.717, 1.165) is 12.2 Å². The van der Waals surface area contributed by atoms with Gasteiger partial charge in [0.25, 0.3) is 0 Å². The van der Waals surface area contributed by atoms with Crippen LogP contribution in [0.5, 0.6) is 0 Å². The number of pyridine rings is 1. The van der Waals surface area contributed by atoms with Crippen LogP contribution in [-0.2, 0) is 0 Å². The topological polar surface area (TPSA) is 74.7 Å². The second-order valence-corrected chi connectivity index (χ2v) is 4.95. The molecule has 5 nitrogen and oxygen atoms in total. The van der Waals surface area contributed by atoms with Crippen molar-refractivity contribution in [3.05, 3.63) is 23.9 Å². The second kappa shape index (κ2) is 6.23. The molecule has 0 fully saturated rings. The van der Waals surface area contributed by atoms with Gasteiger partial charge in [-0.1, -0.05) is 19.0 Å². The molecule has 0 aliphatic carbocycles. The number of rotatable bonds is 5. The number of aromatic nitrogens is 1. The maximum Gasteiger partial charge on any atom is 0.173 e. The molecule has 1 aromatic heterocycles. The fourth-order valence-electron chi connectivity index (χ4n) is 1.98. The average Bonchev–Trinajstić information content (AvgIpc) is 2.36. The summed E-state index contributed by atoms with van der Waals surface area (Å²) in [4.78, 5) is 6.39. The highest BCUT2D eigenvalue weighted by Crippen LogP contribution is 2.20. The molecule has 0 saturated carbocycles. The largest absolute Gasteiger partial charge is 0.409 e. The molecule has 0 aliphatic rings. The number of oxime groups is 1. The molecule has 0 aliphatic heterocycles. The van der Waals surface area contributed by atoms with E-state index in [0.29, 0.717) is 17.5 Å². The Morgan fingerprint density at radius 2 is 2.17 bits per heavy atom. The average molecular weight is 250 g/mol. The zero-order chi connectivity index (χ0) is 13.7. The van der Waals surface area contributed by atoms with E-state index in [1.165, 1.54) is 0 Å². The van der Waals surface area contributed by atoms with Crippen molar-refractivity contribution in [1.29, 1.82) is 0 Å². The Hall–Kier alpha value is -1.78. The minimum absolute atomic E-state index is 0.0849. The fraction of sp³-hybridized carbons (Fsp3) is 0.538. The Morgan fingerprint density at radius 3 is 2.72 bits per heavy atom. The Labute approximate surface area is 108 Å². The van der Waals surface area contributed by atoms with Gasteiger partial charge in [0, 0.05) is 19.3 Å². The van der Waals surface area contributed by atoms with Crippen molar-refractivity contribution in [2.24, 2.45) is 16.8 Å². The minimum Gasteiger partial charge on any atom is -0.409 e. The van der Waals surface area contributed by atoms with E-state index in [2.05, 4.69) is 35.8 Å². The molecule has 18 heavy (non-hydrogen) atoms. The first-order chi connectivity index (χ1) is 8.47. The summed E-state index contributed by atoms with van der Waals surface area (Å²) in [6, 6.07) is 3.92. The third-order valence-corrected chi connectivity index (χ3v) is 2.98. The van der Waals surface area contributed by atoms with Crippen LogP contribution in [0.2, 0.25) is 0 Å². The van der Waals surface area contributed by atoms with Crippen LogP contribution in [0.3, 0.4) is 0 Å². The minimum atomic E-state index is 0.0849. The monoisotopic (exact) mass is 250 g/mol. The first-order valence-electron chi connectivity index (χ1n) is 6.13. The Bertz CT molecular complexity index is 417. The van der Waals surface area contributed by atoms with E-state index in [1.54, 1.807) is 18.3 Å². The van der Waals surface area contributed by atoms with E-state index in [-0.39, 0.29) is 5.84 Å². The van der Waals surface area contributed by atoms with E-state index in [1.807, 2.05) is 7.05 Å². The summed E-state index contributed by atoms with van der Waals surface area (Å²) < 4.78 is 0. The van der Waals surface area contributed by atoms with Crippen molar-refractivity contribution < 1.29 is 5.21 Å². The van der Waals surface area contributed by atoms with Gasteiger partial charge < -0.3 is 15.8 Å². The molecule has 1 heterocycles. The predicted molar refractivity (Wildman–Crippen MR) is 74.1 cm³/mol. The summed E-state index contributed by atoms with van der Waals surface area (Å²) in [6.45, 7) is 6.52. The molecule has 1 aromatic rings. The van der Waals surface area contributed by atoms with Crippen LogP contribution >= 0.6 is 0 Å². The van der Waals surface area contributed by atoms with Crippen molar-refractivity contribution in [2.75, 3.05) is 11.9 Å². The maximum absolute atomic E-state index is 8.80. The first-order valence-corrected chi connectivity index (χ1v) is 6.13. The molecule has 0 radical (unpaired) electrons. The highest BCUT2D eigenvalue weighted by molar-refractivity contribution is 6.01. The number of nitrogens with two attached hydrogens (primary N) is 1. The summed E-state index contributed by atoms with van der Waals surface area (Å²) in [6.07, 6.45) is 2.77. The van der Waals surface area contributed by atoms with Crippen molar-refractivity contribution >= 4 is 11.7 Å². The van der Waals surface area contributed by atoms with Gasteiger partial charge in [-0.25, -0.2) is 4.98 Å². The van der Waals surface area contributed by atoms with Crippen LogP contribution in [0.25, 0.3) is 0 Å². The lowest BCUT2D eigenvalue weighted by molar-refractivity contribution is 0.318. The van der Waals surface area contributed by atoms with Crippen molar-refractivity contribution in [3.8, 4) is 0 Å². The first kappa shape index (κ1) is 14.3. The van der Waals surface area contributed by atoms with Crippen LogP contribution in [0.1, 0.15) is 32.8 Å². The number of hydrogen-bond acceptors (Lipinski definition) is 4. The van der Waals surface area contributed by atoms with Gasteiger partial charge in [0.2, 0.25) is 0 Å². The van der Waals surface area contributed by atoms with E-state index >= 15 is 0 Å². The van der Waals surface area contributed by atoms with Crippen LogP contribution < -0.4 is 10.6 Å². The summed E-state index contributed by atoms with van der Waals surface area (Å²) in [5.41, 5.74) is 6.32. The highest BCUT2D eigenvalue weighted by Gasteiger charge is 2.17. The van der Waals surface area contributed by atoms with Crippen molar-refractivity contribution in [2.45, 2.75) is 33.2 Å². The standard InChI is InChI=1S/C13H22N4O/c1-9(2)8-10(3)17(4)13-11(12(14)16-18)6-5-7-15-13/h5-7,9-10,18H,8H2,1-4H3,(H2,14,16). The number of hydrogen-bond donors (Lipinski definition) is 2. The number of amidine groups is 1. The van der Waals surface area contributed by atoms with E-state index < -0.39 is 0 Å². The third kappa shape index (κ3) is 3.35. The molecule has 1 atom stereocenters.